The van der Waals surface area contributed by atoms with Gasteiger partial charge in [0.1, 0.15) is 12.4 Å². The van der Waals surface area contributed by atoms with Crippen LogP contribution in [0.3, 0.4) is 0 Å². The van der Waals surface area contributed by atoms with E-state index in [0.717, 1.165) is 58.3 Å². The summed E-state index contributed by atoms with van der Waals surface area (Å²) in [6.07, 6.45) is 4.23. The number of hydrogen-bond donors (Lipinski definition) is 2. The van der Waals surface area contributed by atoms with Crippen LogP contribution in [0.15, 0.2) is 48.5 Å². The molecule has 0 bridgehead atoms. The molecule has 1 fully saturated rings. The van der Waals surface area contributed by atoms with Gasteiger partial charge in [0.15, 0.2) is 0 Å². The standard InChI is InChI=1S/C32H42N4O4/c1-24-27(25-9-3-5-11-28(25)36(24)20-22-39-2)23-35-18-14-32(15-19-35)13-7-8-16-33-30(37)26-10-4-6-12-29(26)40-21-17-34-31(32)38/h3-6,9-12H,7-8,13-23H2,1-2H3,(H,33,37)(H,34,38). The molecule has 40 heavy (non-hydrogen) atoms. The number of benzene rings is 2. The van der Waals surface area contributed by atoms with Crippen molar-refractivity contribution in [3.8, 4) is 5.75 Å². The van der Waals surface area contributed by atoms with E-state index in [0.29, 0.717) is 37.6 Å². The molecule has 8 nitrogen and oxygen atoms in total. The van der Waals surface area contributed by atoms with Gasteiger partial charge in [-0.1, -0.05) is 36.8 Å². The van der Waals surface area contributed by atoms with E-state index in [1.807, 2.05) is 12.1 Å². The number of hydrogen-bond acceptors (Lipinski definition) is 5. The minimum Gasteiger partial charge on any atom is -0.491 e. The zero-order valence-corrected chi connectivity index (χ0v) is 23.8. The lowest BCUT2D eigenvalue weighted by Crippen LogP contribution is -2.49. The van der Waals surface area contributed by atoms with Gasteiger partial charge >= 0.3 is 0 Å². The van der Waals surface area contributed by atoms with Crippen molar-refractivity contribution in [2.24, 2.45) is 5.41 Å². The molecular weight excluding hydrogens is 504 g/mol. The highest BCUT2D eigenvalue weighted by molar-refractivity contribution is 5.96. The van der Waals surface area contributed by atoms with Crippen LogP contribution in [0.2, 0.25) is 0 Å². The van der Waals surface area contributed by atoms with Gasteiger partial charge in [-0.2, -0.15) is 0 Å². The molecular formula is C32H42N4O4. The molecule has 0 aliphatic carbocycles. The molecule has 0 atom stereocenters. The predicted molar refractivity (Wildman–Crippen MR) is 157 cm³/mol. The van der Waals surface area contributed by atoms with Gasteiger partial charge in [-0.05, 0) is 69.5 Å². The highest BCUT2D eigenvalue weighted by atomic mass is 16.5. The summed E-state index contributed by atoms with van der Waals surface area (Å²) in [5.74, 6) is 0.573. The number of likely N-dealkylation sites (tertiary alicyclic amines) is 1. The van der Waals surface area contributed by atoms with Crippen LogP contribution in [0, 0.1) is 12.3 Å². The molecule has 0 radical (unpaired) electrons. The summed E-state index contributed by atoms with van der Waals surface area (Å²) in [5, 5.41) is 7.49. The Kier molecular flexibility index (Phi) is 9.07. The lowest BCUT2D eigenvalue weighted by atomic mass is 9.73. The maximum Gasteiger partial charge on any atom is 0.255 e. The van der Waals surface area contributed by atoms with Gasteiger partial charge in [0.2, 0.25) is 5.91 Å². The second-order valence-corrected chi connectivity index (χ2v) is 11.1. The summed E-state index contributed by atoms with van der Waals surface area (Å²) in [6.45, 7) is 7.69. The summed E-state index contributed by atoms with van der Waals surface area (Å²) in [6, 6.07) is 15.9. The third-order valence-electron chi connectivity index (χ3n) is 8.70. The third kappa shape index (κ3) is 6.03. The predicted octanol–water partition coefficient (Wildman–Crippen LogP) is 4.29. The Morgan fingerprint density at radius 3 is 2.55 bits per heavy atom. The van der Waals surface area contributed by atoms with Crippen molar-refractivity contribution in [2.45, 2.75) is 52.1 Å². The van der Waals surface area contributed by atoms with Crippen LogP contribution in [-0.2, 0) is 22.6 Å². The maximum absolute atomic E-state index is 13.6. The number of methoxy groups -OCH3 is 1. The van der Waals surface area contributed by atoms with Gasteiger partial charge in [-0.25, -0.2) is 0 Å². The van der Waals surface area contributed by atoms with Crippen LogP contribution >= 0.6 is 0 Å². The molecule has 2 aliphatic heterocycles. The Balaban J connectivity index is 1.26. The van der Waals surface area contributed by atoms with E-state index < -0.39 is 0 Å². The Morgan fingerprint density at radius 1 is 0.950 bits per heavy atom. The number of carbonyl (C=O) groups excluding carboxylic acids is 2. The van der Waals surface area contributed by atoms with Crippen molar-refractivity contribution in [3.63, 3.8) is 0 Å². The molecule has 214 valence electrons. The number of rotatable bonds is 5. The highest BCUT2D eigenvalue weighted by Gasteiger charge is 2.40. The zero-order valence-electron chi connectivity index (χ0n) is 23.8. The van der Waals surface area contributed by atoms with Gasteiger partial charge in [-0.15, -0.1) is 0 Å². The number of aromatic nitrogens is 1. The molecule has 1 spiro atoms. The van der Waals surface area contributed by atoms with Gasteiger partial charge in [0, 0.05) is 43.3 Å². The normalized spacial score (nSPS) is 18.9. The minimum atomic E-state index is -0.385. The first-order valence-corrected chi connectivity index (χ1v) is 14.6. The minimum absolute atomic E-state index is 0.112. The first-order chi connectivity index (χ1) is 19.5. The largest absolute Gasteiger partial charge is 0.491 e. The topological polar surface area (TPSA) is 84.8 Å². The lowest BCUT2D eigenvalue weighted by Gasteiger charge is -2.41. The van der Waals surface area contributed by atoms with Crippen LogP contribution < -0.4 is 15.4 Å². The Hall–Kier alpha value is -3.36. The van der Waals surface area contributed by atoms with Crippen LogP contribution in [-0.4, -0.2) is 67.8 Å². The second kappa shape index (κ2) is 12.9. The number of piperidine rings is 1. The molecule has 3 aromatic rings. The van der Waals surface area contributed by atoms with Crippen LogP contribution in [0.4, 0.5) is 0 Å². The fourth-order valence-electron chi connectivity index (χ4n) is 6.31. The molecule has 1 saturated heterocycles. The first kappa shape index (κ1) is 28.2. The van der Waals surface area contributed by atoms with Crippen molar-refractivity contribution < 1.29 is 19.1 Å². The Labute approximate surface area is 237 Å². The number of para-hydroxylation sites is 2. The van der Waals surface area contributed by atoms with Crippen molar-refractivity contribution in [2.75, 3.05) is 46.5 Å². The number of nitrogens with zero attached hydrogens (tertiary/aromatic N) is 2. The third-order valence-corrected chi connectivity index (χ3v) is 8.70. The van der Waals surface area contributed by atoms with Crippen molar-refractivity contribution in [1.82, 2.24) is 20.1 Å². The first-order valence-electron chi connectivity index (χ1n) is 14.6. The quantitative estimate of drug-likeness (QED) is 0.499. The van der Waals surface area contributed by atoms with Crippen molar-refractivity contribution in [1.29, 1.82) is 0 Å². The molecule has 8 heteroatoms. The molecule has 5 rings (SSSR count). The van der Waals surface area contributed by atoms with E-state index in [9.17, 15) is 9.59 Å². The maximum atomic E-state index is 13.6. The fourth-order valence-corrected chi connectivity index (χ4v) is 6.31. The highest BCUT2D eigenvalue weighted by Crippen LogP contribution is 2.38. The summed E-state index contributed by atoms with van der Waals surface area (Å²) in [5.41, 5.74) is 4.06. The average Bonchev–Trinajstić information content (AvgIpc) is 3.24. The Bertz CT molecular complexity index is 1330. The zero-order chi connectivity index (χ0) is 28.0. The van der Waals surface area contributed by atoms with E-state index in [1.54, 1.807) is 19.2 Å². The fraction of sp³-hybridized carbons (Fsp3) is 0.500. The van der Waals surface area contributed by atoms with E-state index in [1.165, 1.54) is 22.2 Å². The smallest absolute Gasteiger partial charge is 0.255 e. The van der Waals surface area contributed by atoms with Crippen LogP contribution in [0.1, 0.15) is 53.7 Å². The van der Waals surface area contributed by atoms with Crippen molar-refractivity contribution in [3.05, 3.63) is 65.4 Å². The molecule has 2 aliphatic rings. The number of ether oxygens (including phenoxy) is 2. The molecule has 0 unspecified atom stereocenters. The molecule has 3 heterocycles. The van der Waals surface area contributed by atoms with E-state index >= 15 is 0 Å². The lowest BCUT2D eigenvalue weighted by molar-refractivity contribution is -0.134. The van der Waals surface area contributed by atoms with Crippen LogP contribution in [0.25, 0.3) is 10.9 Å². The average molecular weight is 547 g/mol. The Morgan fingerprint density at radius 2 is 1.73 bits per heavy atom. The summed E-state index contributed by atoms with van der Waals surface area (Å²) < 4.78 is 13.6. The number of amides is 2. The van der Waals surface area contributed by atoms with Gasteiger partial charge in [-0.3, -0.25) is 14.5 Å². The van der Waals surface area contributed by atoms with E-state index in [-0.39, 0.29) is 17.2 Å². The number of fused-ring (bicyclic) bond motifs is 2. The molecule has 1 aromatic heterocycles. The van der Waals surface area contributed by atoms with E-state index in [2.05, 4.69) is 51.3 Å². The van der Waals surface area contributed by atoms with Gasteiger partial charge in [0.05, 0.1) is 24.1 Å². The summed E-state index contributed by atoms with van der Waals surface area (Å²) in [4.78, 5) is 28.8. The van der Waals surface area contributed by atoms with Gasteiger partial charge < -0.3 is 24.7 Å². The van der Waals surface area contributed by atoms with E-state index in [4.69, 9.17) is 9.47 Å². The van der Waals surface area contributed by atoms with Crippen LogP contribution in [0.5, 0.6) is 5.75 Å². The second-order valence-electron chi connectivity index (χ2n) is 11.1. The molecule has 2 aromatic carbocycles. The molecule has 0 saturated carbocycles. The summed E-state index contributed by atoms with van der Waals surface area (Å²) >= 11 is 0. The summed E-state index contributed by atoms with van der Waals surface area (Å²) in [7, 11) is 1.75. The monoisotopic (exact) mass is 546 g/mol. The number of carbonyl (C=O) groups is 2. The molecule has 2 amide bonds. The SMILES string of the molecule is COCCn1c(C)c(CN2CCC3(CCCCNC(=O)c4ccccc4OCCNC3=O)CC2)c2ccccc21. The molecule has 2 N–H and O–H groups in total. The van der Waals surface area contributed by atoms with Crippen molar-refractivity contribution >= 4 is 22.7 Å². The number of nitrogens with one attached hydrogen (secondary N) is 2. The van der Waals surface area contributed by atoms with Gasteiger partial charge in [0.25, 0.3) is 5.91 Å².